The highest BCUT2D eigenvalue weighted by molar-refractivity contribution is 5.97. The van der Waals surface area contributed by atoms with Gasteiger partial charge in [0.05, 0.1) is 17.8 Å². The number of benzene rings is 1. The molecule has 0 aliphatic carbocycles. The molecule has 2 aromatic rings. The second-order valence-electron chi connectivity index (χ2n) is 7.31. The summed E-state index contributed by atoms with van der Waals surface area (Å²) in [6.45, 7) is 2.28. The number of rotatable bonds is 3. The van der Waals surface area contributed by atoms with Gasteiger partial charge in [0.2, 0.25) is 5.91 Å². The predicted molar refractivity (Wildman–Crippen MR) is 101 cm³/mol. The van der Waals surface area contributed by atoms with Gasteiger partial charge < -0.3 is 15.0 Å². The van der Waals surface area contributed by atoms with Gasteiger partial charge >= 0.3 is 0 Å². The molecule has 1 N–H and O–H groups in total. The van der Waals surface area contributed by atoms with Crippen molar-refractivity contribution in [2.75, 3.05) is 31.6 Å². The van der Waals surface area contributed by atoms with Crippen LogP contribution in [-0.2, 0) is 9.53 Å². The largest absolute Gasteiger partial charge is 0.381 e. The van der Waals surface area contributed by atoms with Crippen molar-refractivity contribution in [1.82, 2.24) is 9.88 Å². The zero-order valence-corrected chi connectivity index (χ0v) is 15.1. The van der Waals surface area contributed by atoms with E-state index >= 15 is 0 Å². The fourth-order valence-corrected chi connectivity index (χ4v) is 4.20. The van der Waals surface area contributed by atoms with Crippen molar-refractivity contribution >= 4 is 17.5 Å². The standard InChI is InChI=1S/C21H23N3O3/c25-19(23-17-7-4-10-22-13-17)18-14-24(15-21(18)8-11-27-12-9-21)20(26)16-5-2-1-3-6-16/h1-7,10,13,18H,8-9,11-12,14-15H2,(H,23,25). The maximum atomic E-state index is 13.1. The monoisotopic (exact) mass is 365 g/mol. The summed E-state index contributed by atoms with van der Waals surface area (Å²) < 4.78 is 5.54. The highest BCUT2D eigenvalue weighted by atomic mass is 16.5. The fraction of sp³-hybridized carbons (Fsp3) is 0.381. The summed E-state index contributed by atoms with van der Waals surface area (Å²) in [4.78, 5) is 31.9. The van der Waals surface area contributed by atoms with Gasteiger partial charge in [0.15, 0.2) is 0 Å². The number of likely N-dealkylation sites (tertiary alicyclic amines) is 1. The molecule has 2 amide bonds. The Hall–Kier alpha value is -2.73. The van der Waals surface area contributed by atoms with E-state index < -0.39 is 0 Å². The van der Waals surface area contributed by atoms with Crippen molar-refractivity contribution in [3.05, 3.63) is 60.4 Å². The topological polar surface area (TPSA) is 71.5 Å². The Morgan fingerprint density at radius 2 is 1.89 bits per heavy atom. The van der Waals surface area contributed by atoms with Gasteiger partial charge in [-0.05, 0) is 37.1 Å². The van der Waals surface area contributed by atoms with Crippen LogP contribution >= 0.6 is 0 Å². The van der Waals surface area contributed by atoms with Crippen LogP contribution in [0, 0.1) is 11.3 Å². The number of nitrogens with one attached hydrogen (secondary N) is 1. The molecule has 2 aliphatic heterocycles. The molecule has 1 aromatic heterocycles. The number of pyridine rings is 1. The van der Waals surface area contributed by atoms with Crippen molar-refractivity contribution in [2.45, 2.75) is 12.8 Å². The zero-order chi connectivity index (χ0) is 18.7. The zero-order valence-electron chi connectivity index (χ0n) is 15.1. The lowest BCUT2D eigenvalue weighted by molar-refractivity contribution is -0.124. The van der Waals surface area contributed by atoms with Crippen LogP contribution in [0.1, 0.15) is 23.2 Å². The van der Waals surface area contributed by atoms with Crippen LogP contribution in [0.3, 0.4) is 0 Å². The van der Waals surface area contributed by atoms with Gasteiger partial charge in [0.25, 0.3) is 5.91 Å². The molecule has 0 radical (unpaired) electrons. The van der Waals surface area contributed by atoms with E-state index in [4.69, 9.17) is 4.74 Å². The lowest BCUT2D eigenvalue weighted by atomic mass is 9.71. The van der Waals surface area contributed by atoms with Crippen LogP contribution in [-0.4, -0.2) is 48.0 Å². The van der Waals surface area contributed by atoms with Gasteiger partial charge in [-0.2, -0.15) is 0 Å². The lowest BCUT2D eigenvalue weighted by Gasteiger charge is -2.37. The summed E-state index contributed by atoms with van der Waals surface area (Å²) in [5.74, 6) is -0.319. The van der Waals surface area contributed by atoms with E-state index in [1.54, 1.807) is 18.5 Å². The van der Waals surface area contributed by atoms with Crippen LogP contribution in [0.15, 0.2) is 54.9 Å². The molecule has 27 heavy (non-hydrogen) atoms. The summed E-state index contributed by atoms with van der Waals surface area (Å²) in [5, 5.41) is 2.97. The van der Waals surface area contributed by atoms with Crippen LogP contribution < -0.4 is 5.32 Å². The normalized spacial score (nSPS) is 21.2. The fourth-order valence-electron chi connectivity index (χ4n) is 4.20. The van der Waals surface area contributed by atoms with Crippen molar-refractivity contribution in [2.24, 2.45) is 11.3 Å². The van der Waals surface area contributed by atoms with Gasteiger partial charge in [0.1, 0.15) is 0 Å². The smallest absolute Gasteiger partial charge is 0.253 e. The minimum absolute atomic E-state index is 0.0156. The lowest BCUT2D eigenvalue weighted by Crippen LogP contribution is -2.42. The quantitative estimate of drug-likeness (QED) is 0.908. The molecule has 6 nitrogen and oxygen atoms in total. The summed E-state index contributed by atoms with van der Waals surface area (Å²) in [7, 11) is 0. The number of hydrogen-bond acceptors (Lipinski definition) is 4. The number of aromatic nitrogens is 1. The first-order valence-corrected chi connectivity index (χ1v) is 9.31. The number of ether oxygens (including phenoxy) is 1. The Morgan fingerprint density at radius 1 is 1.11 bits per heavy atom. The minimum Gasteiger partial charge on any atom is -0.381 e. The van der Waals surface area contributed by atoms with Crippen molar-refractivity contribution in [1.29, 1.82) is 0 Å². The average molecular weight is 365 g/mol. The number of carbonyl (C=O) groups excluding carboxylic acids is 2. The van der Waals surface area contributed by atoms with Crippen molar-refractivity contribution in [3.63, 3.8) is 0 Å². The van der Waals surface area contributed by atoms with Gasteiger partial charge in [-0.15, -0.1) is 0 Å². The molecule has 2 saturated heterocycles. The SMILES string of the molecule is O=C(Nc1cccnc1)C1CN(C(=O)c2ccccc2)CC12CCOCC2. The maximum Gasteiger partial charge on any atom is 0.253 e. The van der Waals surface area contributed by atoms with E-state index in [9.17, 15) is 9.59 Å². The number of amides is 2. The van der Waals surface area contributed by atoms with Crippen molar-refractivity contribution in [3.8, 4) is 0 Å². The Bertz CT molecular complexity index is 804. The minimum atomic E-state index is -0.255. The Kier molecular flexibility index (Phi) is 4.90. The number of hydrogen-bond donors (Lipinski definition) is 1. The summed E-state index contributed by atoms with van der Waals surface area (Å²) in [6.07, 6.45) is 4.88. The Morgan fingerprint density at radius 3 is 2.59 bits per heavy atom. The molecular weight excluding hydrogens is 342 g/mol. The first-order valence-electron chi connectivity index (χ1n) is 9.31. The molecular formula is C21H23N3O3. The van der Waals surface area contributed by atoms with Crippen LogP contribution in [0.5, 0.6) is 0 Å². The average Bonchev–Trinajstić information content (AvgIpc) is 3.08. The summed E-state index contributed by atoms with van der Waals surface area (Å²) >= 11 is 0. The van der Waals surface area contributed by atoms with E-state index in [-0.39, 0.29) is 23.1 Å². The first kappa shape index (κ1) is 17.7. The predicted octanol–water partition coefficient (Wildman–Crippen LogP) is 2.59. The molecule has 6 heteroatoms. The highest BCUT2D eigenvalue weighted by Crippen LogP contribution is 2.45. The number of anilines is 1. The van der Waals surface area contributed by atoms with E-state index in [1.807, 2.05) is 41.3 Å². The van der Waals surface area contributed by atoms with E-state index in [1.165, 1.54) is 0 Å². The molecule has 0 saturated carbocycles. The molecule has 1 aromatic carbocycles. The van der Waals surface area contributed by atoms with E-state index in [0.717, 1.165) is 12.8 Å². The Labute approximate surface area is 158 Å². The molecule has 1 spiro atoms. The number of carbonyl (C=O) groups is 2. The molecule has 2 fully saturated rings. The molecule has 2 aliphatic rings. The van der Waals surface area contributed by atoms with Gasteiger partial charge in [0, 0.05) is 43.5 Å². The van der Waals surface area contributed by atoms with Gasteiger partial charge in [-0.3, -0.25) is 14.6 Å². The highest BCUT2D eigenvalue weighted by Gasteiger charge is 2.51. The Balaban J connectivity index is 1.56. The molecule has 1 atom stereocenters. The van der Waals surface area contributed by atoms with Gasteiger partial charge in [-0.25, -0.2) is 0 Å². The molecule has 4 rings (SSSR count). The van der Waals surface area contributed by atoms with Crippen LogP contribution in [0.25, 0.3) is 0 Å². The van der Waals surface area contributed by atoms with Crippen LogP contribution in [0.2, 0.25) is 0 Å². The van der Waals surface area contributed by atoms with E-state index in [2.05, 4.69) is 10.3 Å². The second-order valence-corrected chi connectivity index (χ2v) is 7.31. The van der Waals surface area contributed by atoms with Crippen LogP contribution in [0.4, 0.5) is 5.69 Å². The third kappa shape index (κ3) is 3.57. The molecule has 0 bridgehead atoms. The third-order valence-electron chi connectivity index (χ3n) is 5.69. The molecule has 140 valence electrons. The van der Waals surface area contributed by atoms with E-state index in [0.29, 0.717) is 37.6 Å². The molecule has 1 unspecified atom stereocenters. The second kappa shape index (κ2) is 7.48. The maximum absolute atomic E-state index is 13.1. The third-order valence-corrected chi connectivity index (χ3v) is 5.69. The van der Waals surface area contributed by atoms with Gasteiger partial charge in [-0.1, -0.05) is 18.2 Å². The summed E-state index contributed by atoms with van der Waals surface area (Å²) in [5.41, 5.74) is 1.11. The van der Waals surface area contributed by atoms with Crippen molar-refractivity contribution < 1.29 is 14.3 Å². The first-order chi connectivity index (χ1) is 13.2. The summed E-state index contributed by atoms with van der Waals surface area (Å²) in [6, 6.07) is 12.9. The molecule has 3 heterocycles. The number of nitrogens with zero attached hydrogens (tertiary/aromatic N) is 2.